The molecular weight excluding hydrogens is 416 g/mol. The van der Waals surface area contributed by atoms with Crippen molar-refractivity contribution in [1.29, 1.82) is 0 Å². The molecule has 0 radical (unpaired) electrons. The van der Waals surface area contributed by atoms with E-state index in [-0.39, 0.29) is 12.4 Å². The van der Waals surface area contributed by atoms with Crippen LogP contribution in [-0.4, -0.2) is 48.4 Å². The maximum absolute atomic E-state index is 9.70. The summed E-state index contributed by atoms with van der Waals surface area (Å²) in [7, 11) is -0.309. The minimum atomic E-state index is -4.06. The molecule has 0 heterocycles. The number of nitrogens with zero attached hydrogens (tertiary/aromatic N) is 1. The van der Waals surface area contributed by atoms with E-state index >= 15 is 0 Å². The predicted octanol–water partition coefficient (Wildman–Crippen LogP) is 2.27. The Morgan fingerprint density at radius 1 is 0.633 bits per heavy atom. The Balaban J connectivity index is 0. The van der Waals surface area contributed by atoms with E-state index in [4.69, 9.17) is 5.84 Å². The highest BCUT2D eigenvalue weighted by Gasteiger charge is 2.39. The van der Waals surface area contributed by atoms with E-state index in [0.29, 0.717) is 24.0 Å². The molecule has 0 fully saturated rings. The molecule has 1 atom stereocenters. The minimum absolute atomic E-state index is 0. The Kier molecular flexibility index (Phi) is 21.6. The highest BCUT2D eigenvalue weighted by atomic mass is 35.5. The molecular formula is C23H53ClN2O3Si. The van der Waals surface area contributed by atoms with Crippen molar-refractivity contribution in [3.8, 4) is 0 Å². The third-order valence-corrected chi connectivity index (χ3v) is 7.68. The number of halogens is 1. The van der Waals surface area contributed by atoms with Crippen molar-refractivity contribution in [3.63, 3.8) is 0 Å². The zero-order valence-corrected chi connectivity index (χ0v) is 22.0. The quantitative estimate of drug-likeness (QED) is 0.0684. The van der Waals surface area contributed by atoms with Gasteiger partial charge in [-0.1, -0.05) is 110 Å². The van der Waals surface area contributed by atoms with Gasteiger partial charge in [0, 0.05) is 12.0 Å². The van der Waals surface area contributed by atoms with Gasteiger partial charge in [0.15, 0.2) is 0 Å². The van der Waals surface area contributed by atoms with Crippen LogP contribution in [0, 0.1) is 0 Å². The van der Waals surface area contributed by atoms with E-state index in [1.165, 1.54) is 89.9 Å². The van der Waals surface area contributed by atoms with Gasteiger partial charge in [-0.3, -0.25) is 4.59 Å². The summed E-state index contributed by atoms with van der Waals surface area (Å²) in [6, 6.07) is 0. The SMILES string of the molecule is CCCCCCCCCCCCCCCCCCC(CC[N+](C)(C)N)[Si](O)(O)O.[Cl-]. The minimum Gasteiger partial charge on any atom is -1.00 e. The number of quaternary nitrogens is 1. The summed E-state index contributed by atoms with van der Waals surface area (Å²) in [5.41, 5.74) is -0.393. The summed E-state index contributed by atoms with van der Waals surface area (Å²) in [5.74, 6) is 5.93. The molecule has 1 unspecified atom stereocenters. The van der Waals surface area contributed by atoms with E-state index in [1.54, 1.807) is 0 Å². The average molecular weight is 469 g/mol. The molecule has 184 valence electrons. The van der Waals surface area contributed by atoms with E-state index in [2.05, 4.69) is 6.92 Å². The molecule has 0 amide bonds. The van der Waals surface area contributed by atoms with E-state index in [1.807, 2.05) is 14.1 Å². The molecule has 5 N–H and O–H groups in total. The Labute approximate surface area is 194 Å². The molecule has 0 saturated heterocycles. The van der Waals surface area contributed by atoms with Gasteiger partial charge in [0.2, 0.25) is 0 Å². The molecule has 30 heavy (non-hydrogen) atoms. The second-order valence-corrected chi connectivity index (χ2v) is 12.0. The van der Waals surface area contributed by atoms with Crippen LogP contribution in [0.1, 0.15) is 122 Å². The zero-order valence-electron chi connectivity index (χ0n) is 20.3. The fraction of sp³-hybridized carbons (Fsp3) is 1.00. The third-order valence-electron chi connectivity index (χ3n) is 6.01. The number of hydrogen-bond acceptors (Lipinski definition) is 4. The second-order valence-electron chi connectivity index (χ2n) is 9.77. The molecule has 0 bridgehead atoms. The van der Waals surface area contributed by atoms with Gasteiger partial charge < -0.3 is 26.8 Å². The first-order chi connectivity index (χ1) is 13.7. The van der Waals surface area contributed by atoms with Gasteiger partial charge in [-0.05, 0) is 6.42 Å². The zero-order chi connectivity index (χ0) is 22.0. The monoisotopic (exact) mass is 468 g/mol. The highest BCUT2D eigenvalue weighted by molar-refractivity contribution is 6.57. The Bertz CT molecular complexity index is 363. The Hall–Kier alpha value is 0.307. The van der Waals surface area contributed by atoms with E-state index in [9.17, 15) is 14.4 Å². The van der Waals surface area contributed by atoms with Crippen molar-refractivity contribution in [1.82, 2.24) is 0 Å². The van der Waals surface area contributed by atoms with Gasteiger partial charge in [-0.15, -0.1) is 0 Å². The number of rotatable bonds is 21. The summed E-state index contributed by atoms with van der Waals surface area (Å²) in [4.78, 5) is 29.1. The lowest BCUT2D eigenvalue weighted by molar-refractivity contribution is -0.902. The average Bonchev–Trinajstić information content (AvgIpc) is 2.61. The van der Waals surface area contributed by atoms with Crippen LogP contribution in [0.5, 0.6) is 0 Å². The van der Waals surface area contributed by atoms with Crippen LogP contribution in [-0.2, 0) is 0 Å². The molecule has 0 aliphatic carbocycles. The molecule has 0 aliphatic rings. The van der Waals surface area contributed by atoms with Gasteiger partial charge in [0.05, 0.1) is 20.6 Å². The molecule has 0 aliphatic heterocycles. The van der Waals surface area contributed by atoms with Crippen LogP contribution in [0.15, 0.2) is 0 Å². The molecule has 7 heteroatoms. The lowest BCUT2D eigenvalue weighted by Crippen LogP contribution is -3.00. The second kappa shape index (κ2) is 20.0. The highest BCUT2D eigenvalue weighted by Crippen LogP contribution is 2.27. The van der Waals surface area contributed by atoms with Crippen LogP contribution in [0.25, 0.3) is 0 Å². The van der Waals surface area contributed by atoms with Crippen molar-refractivity contribution in [2.24, 2.45) is 5.84 Å². The maximum Gasteiger partial charge on any atom is 0.496 e. The molecule has 5 nitrogen and oxygen atoms in total. The summed E-state index contributed by atoms with van der Waals surface area (Å²) in [5, 5.41) is 0. The summed E-state index contributed by atoms with van der Waals surface area (Å²) < 4.78 is 0.292. The number of hydrogen-bond donors (Lipinski definition) is 4. The largest absolute Gasteiger partial charge is 1.00 e. The Morgan fingerprint density at radius 2 is 0.967 bits per heavy atom. The van der Waals surface area contributed by atoms with Crippen LogP contribution < -0.4 is 18.2 Å². The smallest absolute Gasteiger partial charge is 0.496 e. The van der Waals surface area contributed by atoms with E-state index in [0.717, 1.165) is 12.8 Å². The number of nitrogens with two attached hydrogens (primary N) is 1. The van der Waals surface area contributed by atoms with Crippen molar-refractivity contribution in [3.05, 3.63) is 0 Å². The first kappa shape index (κ1) is 32.5. The van der Waals surface area contributed by atoms with Crippen molar-refractivity contribution >= 4 is 8.80 Å². The summed E-state index contributed by atoms with van der Waals surface area (Å²) in [6.07, 6.45) is 22.5. The Morgan fingerprint density at radius 3 is 1.27 bits per heavy atom. The van der Waals surface area contributed by atoms with E-state index < -0.39 is 14.3 Å². The third kappa shape index (κ3) is 23.0. The van der Waals surface area contributed by atoms with Crippen LogP contribution in [0.2, 0.25) is 5.54 Å². The molecule has 0 aromatic heterocycles. The molecule has 0 spiro atoms. The normalized spacial score (nSPS) is 13.3. The molecule has 0 aromatic rings. The summed E-state index contributed by atoms with van der Waals surface area (Å²) in [6.45, 7) is 2.91. The lowest BCUT2D eigenvalue weighted by atomic mass is 10.0. The fourth-order valence-corrected chi connectivity index (χ4v) is 5.07. The van der Waals surface area contributed by atoms with Crippen molar-refractivity contribution in [2.75, 3.05) is 20.6 Å². The molecule has 0 rings (SSSR count). The standard InChI is InChI=1S/C23H53N2O3Si.ClH/c1-4-5-6-7-8-9-10-11-12-13-14-15-16-17-18-19-20-23(29(26,27)28)21-22-25(2,3)24;/h23,26-28H,4-22,24H2,1-3H3;1H/q+1;/p-1. The fourth-order valence-electron chi connectivity index (χ4n) is 3.96. The van der Waals surface area contributed by atoms with Gasteiger partial charge in [-0.25, -0.2) is 0 Å². The van der Waals surface area contributed by atoms with Gasteiger partial charge in [0.25, 0.3) is 0 Å². The van der Waals surface area contributed by atoms with Gasteiger partial charge in [-0.2, -0.15) is 5.84 Å². The van der Waals surface area contributed by atoms with Gasteiger partial charge >= 0.3 is 8.80 Å². The summed E-state index contributed by atoms with van der Waals surface area (Å²) >= 11 is 0. The van der Waals surface area contributed by atoms with Crippen LogP contribution >= 0.6 is 0 Å². The first-order valence-corrected chi connectivity index (χ1v) is 14.4. The topological polar surface area (TPSA) is 86.7 Å². The van der Waals surface area contributed by atoms with Crippen molar-refractivity contribution in [2.45, 2.75) is 128 Å². The van der Waals surface area contributed by atoms with Gasteiger partial charge in [0.1, 0.15) is 0 Å². The van der Waals surface area contributed by atoms with Crippen molar-refractivity contribution < 1.29 is 31.4 Å². The predicted molar refractivity (Wildman–Crippen MR) is 126 cm³/mol. The van der Waals surface area contributed by atoms with Crippen LogP contribution in [0.3, 0.4) is 0 Å². The molecule has 0 aromatic carbocycles. The maximum atomic E-state index is 9.70. The van der Waals surface area contributed by atoms with Crippen LogP contribution in [0.4, 0.5) is 0 Å². The molecule has 0 saturated carbocycles. The number of unbranched alkanes of at least 4 members (excludes halogenated alkanes) is 15. The lowest BCUT2D eigenvalue weighted by Gasteiger charge is -2.27. The first-order valence-electron chi connectivity index (χ1n) is 12.5.